The van der Waals surface area contributed by atoms with Crippen molar-refractivity contribution in [1.29, 1.82) is 0 Å². The molecule has 2 aromatic rings. The Labute approximate surface area is 75.9 Å². The van der Waals surface area contributed by atoms with Gasteiger partial charge in [-0.1, -0.05) is 6.58 Å². The summed E-state index contributed by atoms with van der Waals surface area (Å²) in [7, 11) is 1.86. The average molecular weight is 174 g/mol. The molecule has 0 atom stereocenters. The monoisotopic (exact) mass is 174 g/mol. The number of hydrogen-bond acceptors (Lipinski definition) is 3. The van der Waals surface area contributed by atoms with Crippen LogP contribution in [0.2, 0.25) is 0 Å². The van der Waals surface area contributed by atoms with E-state index >= 15 is 0 Å². The Hall–Kier alpha value is -1.71. The molecular formula is C9H10N4. The third kappa shape index (κ3) is 1.20. The maximum absolute atomic E-state index is 4.18. The van der Waals surface area contributed by atoms with E-state index in [1.54, 1.807) is 4.68 Å². The topological polar surface area (TPSA) is 43.6 Å². The third-order valence-electron chi connectivity index (χ3n) is 1.84. The van der Waals surface area contributed by atoms with Gasteiger partial charge in [0.15, 0.2) is 5.65 Å². The number of rotatable bonds is 1. The molecule has 0 aliphatic rings. The smallest absolute Gasteiger partial charge is 0.184 e. The van der Waals surface area contributed by atoms with Crippen molar-refractivity contribution in [2.45, 2.75) is 6.92 Å². The largest absolute Gasteiger partial charge is 0.273 e. The molecule has 0 unspecified atom stereocenters. The van der Waals surface area contributed by atoms with Gasteiger partial charge in [0.25, 0.3) is 0 Å². The summed E-state index contributed by atoms with van der Waals surface area (Å²) in [5.41, 5.74) is 2.52. The molecule has 0 fully saturated rings. The highest BCUT2D eigenvalue weighted by atomic mass is 15.3. The van der Waals surface area contributed by atoms with Gasteiger partial charge in [-0.3, -0.25) is 4.68 Å². The second kappa shape index (κ2) is 2.65. The Morgan fingerprint density at radius 3 is 2.92 bits per heavy atom. The van der Waals surface area contributed by atoms with E-state index in [-0.39, 0.29) is 0 Å². The molecule has 0 spiro atoms. The third-order valence-corrected chi connectivity index (χ3v) is 1.84. The van der Waals surface area contributed by atoms with Crippen LogP contribution in [-0.4, -0.2) is 19.7 Å². The van der Waals surface area contributed by atoms with Gasteiger partial charge in [0, 0.05) is 13.2 Å². The van der Waals surface area contributed by atoms with Crippen molar-refractivity contribution in [2.75, 3.05) is 0 Å². The van der Waals surface area contributed by atoms with E-state index < -0.39 is 0 Å². The van der Waals surface area contributed by atoms with Gasteiger partial charge in [-0.15, -0.1) is 0 Å². The Balaban J connectivity index is 2.82. The maximum Gasteiger partial charge on any atom is 0.184 e. The van der Waals surface area contributed by atoms with E-state index in [1.807, 2.05) is 20.2 Å². The van der Waals surface area contributed by atoms with Crippen LogP contribution in [-0.2, 0) is 7.05 Å². The molecule has 0 radical (unpaired) electrons. The van der Waals surface area contributed by atoms with E-state index in [4.69, 9.17) is 0 Å². The summed E-state index contributed by atoms with van der Waals surface area (Å²) in [6.07, 6.45) is 3.42. The van der Waals surface area contributed by atoms with Crippen molar-refractivity contribution in [1.82, 2.24) is 19.7 Å². The van der Waals surface area contributed by atoms with Gasteiger partial charge < -0.3 is 0 Å². The van der Waals surface area contributed by atoms with Crippen LogP contribution in [0.1, 0.15) is 12.6 Å². The fourth-order valence-corrected chi connectivity index (χ4v) is 1.29. The van der Waals surface area contributed by atoms with Crippen LogP contribution in [0.3, 0.4) is 0 Å². The number of nitrogens with zero attached hydrogens (tertiary/aromatic N) is 4. The van der Waals surface area contributed by atoms with Crippen LogP contribution in [0.4, 0.5) is 0 Å². The number of fused-ring (bicyclic) bond motifs is 1. The summed E-state index contributed by atoms with van der Waals surface area (Å²) >= 11 is 0. The molecule has 4 nitrogen and oxygen atoms in total. The molecule has 0 aliphatic carbocycles. The minimum Gasteiger partial charge on any atom is -0.273 e. The zero-order chi connectivity index (χ0) is 9.42. The Morgan fingerprint density at radius 1 is 1.46 bits per heavy atom. The predicted octanol–water partition coefficient (Wildman–Crippen LogP) is 1.40. The molecule has 0 amide bonds. The molecule has 2 aromatic heterocycles. The summed E-state index contributed by atoms with van der Waals surface area (Å²) in [6.45, 7) is 5.78. The van der Waals surface area contributed by atoms with Crippen LogP contribution in [0.5, 0.6) is 0 Å². The Morgan fingerprint density at radius 2 is 2.23 bits per heavy atom. The fourth-order valence-electron chi connectivity index (χ4n) is 1.29. The van der Waals surface area contributed by atoms with Crippen molar-refractivity contribution in [3.05, 3.63) is 24.8 Å². The highest BCUT2D eigenvalue weighted by Gasteiger charge is 2.06. The van der Waals surface area contributed by atoms with Crippen LogP contribution < -0.4 is 0 Å². The first kappa shape index (κ1) is 7.91. The average Bonchev–Trinajstić information content (AvgIpc) is 2.43. The molecule has 0 N–H and O–H groups in total. The fraction of sp³-hybridized carbons (Fsp3) is 0.222. The number of allylic oxidation sites excluding steroid dienone is 1. The van der Waals surface area contributed by atoms with Gasteiger partial charge in [0.1, 0.15) is 6.33 Å². The van der Waals surface area contributed by atoms with E-state index in [2.05, 4.69) is 21.6 Å². The molecule has 66 valence electrons. The number of aryl methyl sites for hydroxylation is 1. The van der Waals surface area contributed by atoms with Crippen molar-refractivity contribution in [3.63, 3.8) is 0 Å². The Bertz CT molecular complexity index is 469. The van der Waals surface area contributed by atoms with Gasteiger partial charge >= 0.3 is 0 Å². The molecule has 0 bridgehead atoms. The summed E-state index contributed by atoms with van der Waals surface area (Å²) < 4.78 is 1.73. The molecule has 0 saturated carbocycles. The predicted molar refractivity (Wildman–Crippen MR) is 51.0 cm³/mol. The first-order valence-corrected chi connectivity index (χ1v) is 3.98. The Kier molecular flexibility index (Phi) is 1.62. The zero-order valence-electron chi connectivity index (χ0n) is 7.65. The quantitative estimate of drug-likeness (QED) is 0.656. The summed E-state index contributed by atoms with van der Waals surface area (Å²) in [6, 6.07) is 0. The van der Waals surface area contributed by atoms with Gasteiger partial charge in [-0.2, -0.15) is 5.10 Å². The lowest BCUT2D eigenvalue weighted by Crippen LogP contribution is -1.88. The minimum absolute atomic E-state index is 0.718. The minimum atomic E-state index is 0.718. The van der Waals surface area contributed by atoms with E-state index in [1.165, 1.54) is 6.33 Å². The molecule has 4 heteroatoms. The van der Waals surface area contributed by atoms with Crippen LogP contribution >= 0.6 is 0 Å². The second-order valence-electron chi connectivity index (χ2n) is 3.04. The van der Waals surface area contributed by atoms with Crippen LogP contribution in [0.15, 0.2) is 19.1 Å². The zero-order valence-corrected chi connectivity index (χ0v) is 7.65. The number of hydrogen-bond donors (Lipinski definition) is 0. The molecule has 0 saturated heterocycles. The molecule has 2 rings (SSSR count). The van der Waals surface area contributed by atoms with E-state index in [9.17, 15) is 0 Å². The van der Waals surface area contributed by atoms with Crippen LogP contribution in [0, 0.1) is 0 Å². The lowest BCUT2D eigenvalue weighted by Gasteiger charge is -1.97. The normalized spacial score (nSPS) is 10.6. The highest BCUT2D eigenvalue weighted by molar-refractivity contribution is 5.85. The van der Waals surface area contributed by atoms with Crippen molar-refractivity contribution in [3.8, 4) is 0 Å². The molecule has 0 aromatic carbocycles. The molecular weight excluding hydrogens is 164 g/mol. The van der Waals surface area contributed by atoms with E-state index in [0.717, 1.165) is 22.3 Å². The lowest BCUT2D eigenvalue weighted by atomic mass is 10.2. The summed E-state index contributed by atoms with van der Waals surface area (Å²) in [5.74, 6) is 0. The van der Waals surface area contributed by atoms with Gasteiger partial charge in [-0.25, -0.2) is 9.97 Å². The number of aromatic nitrogens is 4. The maximum atomic E-state index is 4.18. The molecule has 2 heterocycles. The first-order chi connectivity index (χ1) is 6.18. The second-order valence-corrected chi connectivity index (χ2v) is 3.04. The van der Waals surface area contributed by atoms with Crippen LogP contribution in [0.25, 0.3) is 16.6 Å². The van der Waals surface area contributed by atoms with E-state index in [0.29, 0.717) is 0 Å². The van der Waals surface area contributed by atoms with Crippen molar-refractivity contribution < 1.29 is 0 Å². The SMILES string of the molecule is C=C(C)c1ncnc2nn(C)cc12. The van der Waals surface area contributed by atoms with Gasteiger partial charge in [0.05, 0.1) is 11.1 Å². The molecule has 13 heavy (non-hydrogen) atoms. The highest BCUT2D eigenvalue weighted by Crippen LogP contribution is 2.18. The van der Waals surface area contributed by atoms with Gasteiger partial charge in [0.2, 0.25) is 0 Å². The standard InChI is InChI=1S/C9H10N4/c1-6(2)8-7-4-13(3)12-9(7)11-5-10-8/h4-5H,1H2,2-3H3. The van der Waals surface area contributed by atoms with Crippen molar-refractivity contribution >= 4 is 16.6 Å². The summed E-state index contributed by atoms with van der Waals surface area (Å²) in [5, 5.41) is 5.14. The van der Waals surface area contributed by atoms with Gasteiger partial charge in [-0.05, 0) is 12.5 Å². The van der Waals surface area contributed by atoms with Crippen molar-refractivity contribution in [2.24, 2.45) is 7.05 Å². The summed E-state index contributed by atoms with van der Waals surface area (Å²) in [4.78, 5) is 8.22. The lowest BCUT2D eigenvalue weighted by molar-refractivity contribution is 0.775. The molecule has 0 aliphatic heterocycles. The first-order valence-electron chi connectivity index (χ1n) is 3.98.